The van der Waals surface area contributed by atoms with Crippen molar-refractivity contribution >= 4 is 0 Å². The highest BCUT2D eigenvalue weighted by Gasteiger charge is 1.90. The summed E-state index contributed by atoms with van der Waals surface area (Å²) in [5.74, 6) is 0. The van der Waals surface area contributed by atoms with Crippen LogP contribution in [0.5, 0.6) is 0 Å². The van der Waals surface area contributed by atoms with Crippen LogP contribution in [0.2, 0.25) is 0 Å². The van der Waals surface area contributed by atoms with Gasteiger partial charge in [-0.25, -0.2) is 0 Å². The third-order valence-electron chi connectivity index (χ3n) is 1.29. The normalized spacial score (nSPS) is 11.9. The molecule has 0 heterocycles. The van der Waals surface area contributed by atoms with Gasteiger partial charge in [0, 0.05) is 6.04 Å². The molecular weight excluding hydrogens is 122 g/mol. The van der Waals surface area contributed by atoms with E-state index >= 15 is 0 Å². The molecule has 1 heteroatoms. The SMILES string of the molecule is CC=C=CCCCC(C)N. The maximum absolute atomic E-state index is 5.57. The van der Waals surface area contributed by atoms with Gasteiger partial charge in [-0.2, -0.15) is 0 Å². The van der Waals surface area contributed by atoms with E-state index in [-0.39, 0.29) is 0 Å². The fourth-order valence-electron chi connectivity index (χ4n) is 0.743. The molecule has 0 bridgehead atoms. The fourth-order valence-corrected chi connectivity index (χ4v) is 0.743. The Balaban J connectivity index is 3.13. The summed E-state index contributed by atoms with van der Waals surface area (Å²) in [7, 11) is 0. The lowest BCUT2D eigenvalue weighted by Gasteiger charge is -2.00. The van der Waals surface area contributed by atoms with Crippen LogP contribution in [0, 0.1) is 0 Å². The van der Waals surface area contributed by atoms with Gasteiger partial charge in [0.15, 0.2) is 0 Å². The van der Waals surface area contributed by atoms with Crippen molar-refractivity contribution in [2.45, 2.75) is 39.2 Å². The Kier molecular flexibility index (Phi) is 6.25. The zero-order valence-corrected chi connectivity index (χ0v) is 6.93. The second kappa shape index (κ2) is 6.60. The Labute approximate surface area is 63.6 Å². The molecule has 0 radical (unpaired) electrons. The molecular formula is C9H17N. The molecule has 1 nitrogen and oxygen atoms in total. The molecule has 0 saturated carbocycles. The van der Waals surface area contributed by atoms with Gasteiger partial charge in [0.05, 0.1) is 0 Å². The average Bonchev–Trinajstić information content (AvgIpc) is 1.87. The zero-order chi connectivity index (χ0) is 7.82. The highest BCUT2D eigenvalue weighted by molar-refractivity contribution is 4.81. The first-order valence-corrected chi connectivity index (χ1v) is 3.88. The van der Waals surface area contributed by atoms with Crippen molar-refractivity contribution in [3.63, 3.8) is 0 Å². The van der Waals surface area contributed by atoms with E-state index in [4.69, 9.17) is 5.73 Å². The molecule has 0 aromatic rings. The molecule has 0 fully saturated rings. The molecule has 10 heavy (non-hydrogen) atoms. The summed E-state index contributed by atoms with van der Waals surface area (Å²) >= 11 is 0. The van der Waals surface area contributed by atoms with Crippen molar-refractivity contribution in [2.24, 2.45) is 5.73 Å². The van der Waals surface area contributed by atoms with E-state index < -0.39 is 0 Å². The van der Waals surface area contributed by atoms with Crippen LogP contribution in [0.25, 0.3) is 0 Å². The number of hydrogen-bond acceptors (Lipinski definition) is 1. The third-order valence-corrected chi connectivity index (χ3v) is 1.29. The highest BCUT2D eigenvalue weighted by atomic mass is 14.6. The molecule has 0 amide bonds. The summed E-state index contributed by atoms with van der Waals surface area (Å²) in [6.45, 7) is 4.02. The summed E-state index contributed by atoms with van der Waals surface area (Å²) < 4.78 is 0. The van der Waals surface area contributed by atoms with E-state index in [0.29, 0.717) is 6.04 Å². The molecule has 1 unspecified atom stereocenters. The minimum atomic E-state index is 0.346. The van der Waals surface area contributed by atoms with Gasteiger partial charge in [-0.15, -0.1) is 5.73 Å². The maximum Gasteiger partial charge on any atom is 0.00105 e. The van der Waals surface area contributed by atoms with Gasteiger partial charge in [-0.1, -0.05) is 0 Å². The van der Waals surface area contributed by atoms with Crippen LogP contribution in [0.1, 0.15) is 33.1 Å². The van der Waals surface area contributed by atoms with Crippen molar-refractivity contribution in [1.82, 2.24) is 0 Å². The first-order chi connectivity index (χ1) is 4.77. The van der Waals surface area contributed by atoms with Crippen molar-refractivity contribution in [1.29, 1.82) is 0 Å². The van der Waals surface area contributed by atoms with Crippen molar-refractivity contribution < 1.29 is 0 Å². The molecule has 0 aromatic carbocycles. The molecule has 58 valence electrons. The largest absolute Gasteiger partial charge is 0.328 e. The van der Waals surface area contributed by atoms with E-state index in [1.165, 1.54) is 6.42 Å². The van der Waals surface area contributed by atoms with E-state index in [1.807, 2.05) is 19.9 Å². The Bertz CT molecular complexity index is 119. The predicted octanol–water partition coefficient (Wildman–Crippen LogP) is 2.24. The van der Waals surface area contributed by atoms with E-state index in [1.54, 1.807) is 0 Å². The summed E-state index contributed by atoms with van der Waals surface area (Å²) in [4.78, 5) is 0. The van der Waals surface area contributed by atoms with Gasteiger partial charge in [-0.05, 0) is 45.3 Å². The lowest BCUT2D eigenvalue weighted by molar-refractivity contribution is 0.630. The summed E-state index contributed by atoms with van der Waals surface area (Å²) in [6.07, 6.45) is 7.38. The molecule has 0 aliphatic carbocycles. The van der Waals surface area contributed by atoms with Crippen LogP contribution in [0.3, 0.4) is 0 Å². The molecule has 1 atom stereocenters. The molecule has 0 spiro atoms. The molecule has 0 rings (SSSR count). The zero-order valence-electron chi connectivity index (χ0n) is 6.93. The number of hydrogen-bond donors (Lipinski definition) is 1. The van der Waals surface area contributed by atoms with Gasteiger partial charge in [0.2, 0.25) is 0 Å². The van der Waals surface area contributed by atoms with Gasteiger partial charge in [0.25, 0.3) is 0 Å². The first kappa shape index (κ1) is 9.48. The van der Waals surface area contributed by atoms with Crippen LogP contribution < -0.4 is 5.73 Å². The Hall–Kier alpha value is -0.520. The van der Waals surface area contributed by atoms with Crippen LogP contribution in [0.4, 0.5) is 0 Å². The monoisotopic (exact) mass is 139 g/mol. The topological polar surface area (TPSA) is 26.0 Å². The van der Waals surface area contributed by atoms with E-state index in [0.717, 1.165) is 12.8 Å². The Morgan fingerprint density at radius 1 is 1.60 bits per heavy atom. The van der Waals surface area contributed by atoms with Gasteiger partial charge < -0.3 is 5.73 Å². The number of rotatable bonds is 4. The molecule has 0 saturated heterocycles. The minimum absolute atomic E-state index is 0.346. The van der Waals surface area contributed by atoms with E-state index in [2.05, 4.69) is 11.8 Å². The van der Waals surface area contributed by atoms with Crippen molar-refractivity contribution in [2.75, 3.05) is 0 Å². The standard InChI is InChI=1S/C9H17N/c1-3-4-5-6-7-8-9(2)10/h3,5,9H,6-8,10H2,1-2H3. The predicted molar refractivity (Wildman–Crippen MR) is 45.8 cm³/mol. The van der Waals surface area contributed by atoms with Crippen LogP contribution in [-0.4, -0.2) is 6.04 Å². The molecule has 2 N–H and O–H groups in total. The lowest BCUT2D eigenvalue weighted by atomic mass is 10.1. The molecule has 0 aliphatic rings. The molecule has 0 aromatic heterocycles. The third kappa shape index (κ3) is 7.48. The van der Waals surface area contributed by atoms with Crippen LogP contribution in [-0.2, 0) is 0 Å². The second-order valence-corrected chi connectivity index (χ2v) is 2.57. The van der Waals surface area contributed by atoms with Crippen molar-refractivity contribution in [3.8, 4) is 0 Å². The lowest BCUT2D eigenvalue weighted by Crippen LogP contribution is -2.13. The van der Waals surface area contributed by atoms with Gasteiger partial charge in [-0.3, -0.25) is 0 Å². The summed E-state index contributed by atoms with van der Waals surface area (Å²) in [6, 6.07) is 0.346. The molecule has 0 aliphatic heterocycles. The Morgan fingerprint density at radius 2 is 2.30 bits per heavy atom. The Morgan fingerprint density at radius 3 is 2.80 bits per heavy atom. The van der Waals surface area contributed by atoms with Gasteiger partial charge in [0.1, 0.15) is 0 Å². The van der Waals surface area contributed by atoms with Crippen LogP contribution >= 0.6 is 0 Å². The smallest absolute Gasteiger partial charge is 0.00105 e. The highest BCUT2D eigenvalue weighted by Crippen LogP contribution is 1.97. The summed E-state index contributed by atoms with van der Waals surface area (Å²) in [5, 5.41) is 0. The quantitative estimate of drug-likeness (QED) is 0.469. The number of nitrogens with two attached hydrogens (primary N) is 1. The minimum Gasteiger partial charge on any atom is -0.328 e. The first-order valence-electron chi connectivity index (χ1n) is 3.88. The second-order valence-electron chi connectivity index (χ2n) is 2.57. The summed E-state index contributed by atoms with van der Waals surface area (Å²) in [5.41, 5.74) is 8.60. The van der Waals surface area contributed by atoms with Crippen LogP contribution in [0.15, 0.2) is 17.9 Å². The van der Waals surface area contributed by atoms with Crippen molar-refractivity contribution in [3.05, 3.63) is 17.9 Å². The van der Waals surface area contributed by atoms with Gasteiger partial charge >= 0.3 is 0 Å². The average molecular weight is 139 g/mol. The fraction of sp³-hybridized carbons (Fsp3) is 0.667. The maximum atomic E-state index is 5.57. The number of unbranched alkanes of at least 4 members (excludes halogenated alkanes) is 1. The number of allylic oxidation sites excluding steroid dienone is 1. The van der Waals surface area contributed by atoms with E-state index in [9.17, 15) is 0 Å².